The zero-order valence-corrected chi connectivity index (χ0v) is 5.39. The Morgan fingerprint density at radius 1 is 1.60 bits per heavy atom. The van der Waals surface area contributed by atoms with Crippen LogP contribution in [0.5, 0.6) is 0 Å². The molecule has 0 aromatic rings. The summed E-state index contributed by atoms with van der Waals surface area (Å²) >= 11 is 11.7. The lowest BCUT2D eigenvalue weighted by molar-refractivity contribution is 0.930. The highest BCUT2D eigenvalue weighted by Gasteiger charge is 1.57. The van der Waals surface area contributed by atoms with Gasteiger partial charge in [0.15, 0.2) is 0 Å². The van der Waals surface area contributed by atoms with Gasteiger partial charge in [0.2, 0.25) is 0 Å². The van der Waals surface area contributed by atoms with Crippen LogP contribution in [0.25, 0.3) is 0 Å². The first-order chi connectivity index (χ1) is 2.00. The molecule has 0 aliphatic rings. The molecule has 0 spiro atoms. The minimum absolute atomic E-state index is 3.14. The lowest BCUT2D eigenvalue weighted by atomic mass is 18.9. The smallest absolute Gasteiger partial charge is 0.115 e. The molecule has 0 N–H and O–H groups in total. The maximum Gasteiger partial charge on any atom is -0.115 e. The molecule has 0 amide bonds. The molecule has 0 atom stereocenters. The second-order valence-electron chi connectivity index (χ2n) is 0.431. The van der Waals surface area contributed by atoms with E-state index in [4.69, 9.17) is 0 Å². The van der Waals surface area contributed by atoms with Crippen molar-refractivity contribution in [1.29, 1.82) is 0 Å². The van der Waals surface area contributed by atoms with Crippen LogP contribution in [0.3, 0.4) is 0 Å². The van der Waals surface area contributed by atoms with Crippen molar-refractivity contribution in [3.05, 3.63) is 0 Å². The summed E-state index contributed by atoms with van der Waals surface area (Å²) in [5.74, 6) is 0. The van der Waals surface area contributed by atoms with E-state index in [1.54, 1.807) is 0 Å². The second kappa shape index (κ2) is 1.82. The SMILES string of the molecule is FP(=S)([S-])[S-]. The number of hydrogen-bond acceptors (Lipinski definition) is 3. The van der Waals surface area contributed by atoms with Crippen molar-refractivity contribution in [2.45, 2.75) is 0 Å². The molecule has 5 heteroatoms. The zero-order valence-electron chi connectivity index (χ0n) is 2.05. The van der Waals surface area contributed by atoms with Crippen LogP contribution >= 0.6 is 4.75 Å². The summed E-state index contributed by atoms with van der Waals surface area (Å²) in [4.78, 5) is 0. The Balaban J connectivity index is 3.47. The molecule has 0 unspecified atom stereocenters. The molecule has 0 heterocycles. The topological polar surface area (TPSA) is 0 Å². The summed E-state index contributed by atoms with van der Waals surface area (Å²) in [6.07, 6.45) is 0. The van der Waals surface area contributed by atoms with E-state index < -0.39 is 4.75 Å². The second-order valence-corrected chi connectivity index (χ2v) is 7.90. The van der Waals surface area contributed by atoms with Crippen LogP contribution in [0.4, 0.5) is 4.20 Å². The average molecular weight is 146 g/mol. The number of rotatable bonds is 0. The van der Waals surface area contributed by atoms with Crippen LogP contribution < -0.4 is 0 Å². The molecule has 0 aromatic heterocycles. The third kappa shape index (κ3) is 34.7. The Labute approximate surface area is 45.6 Å². The lowest BCUT2D eigenvalue weighted by Crippen LogP contribution is -1.43. The largest absolute Gasteiger partial charge is 0.738 e. The van der Waals surface area contributed by atoms with Crippen molar-refractivity contribution < 1.29 is 4.20 Å². The van der Waals surface area contributed by atoms with Gasteiger partial charge in [0, 0.05) is 0 Å². The fourth-order valence-electron chi connectivity index (χ4n) is 0. The molecular weight excluding hydrogens is 146 g/mol. The molecule has 0 bridgehead atoms. The van der Waals surface area contributed by atoms with Gasteiger partial charge >= 0.3 is 0 Å². The maximum absolute atomic E-state index is 11.2. The van der Waals surface area contributed by atoms with Crippen molar-refractivity contribution >= 4 is 41.1 Å². The highest BCUT2D eigenvalue weighted by Crippen LogP contribution is 2.41. The molecule has 32 valence electrons. The van der Waals surface area contributed by atoms with E-state index in [0.29, 0.717) is 0 Å². The van der Waals surface area contributed by atoms with Crippen LogP contribution in [0.2, 0.25) is 0 Å². The predicted molar refractivity (Wildman–Crippen MR) is 30.1 cm³/mol. The van der Waals surface area contributed by atoms with Gasteiger partial charge in [-0.05, 0) is 0 Å². The minimum Gasteiger partial charge on any atom is -0.738 e. The van der Waals surface area contributed by atoms with E-state index >= 15 is 0 Å². The van der Waals surface area contributed by atoms with Crippen LogP contribution in [0.15, 0.2) is 0 Å². The van der Waals surface area contributed by atoms with Gasteiger partial charge in [0.1, 0.15) is 0 Å². The molecule has 0 aliphatic carbocycles. The van der Waals surface area contributed by atoms with E-state index in [0.717, 1.165) is 0 Å². The van der Waals surface area contributed by atoms with Crippen molar-refractivity contribution in [1.82, 2.24) is 0 Å². The first-order valence-corrected chi connectivity index (χ1v) is 5.44. The molecule has 0 fully saturated rings. The number of halogens is 1. The Kier molecular flexibility index (Phi) is 2.29. The third-order valence-corrected chi connectivity index (χ3v) is 0. The summed E-state index contributed by atoms with van der Waals surface area (Å²) in [6.45, 7) is 0. The summed E-state index contributed by atoms with van der Waals surface area (Å²) in [7, 11) is 0. The lowest BCUT2D eigenvalue weighted by Gasteiger charge is -2.23. The van der Waals surface area contributed by atoms with Gasteiger partial charge in [0.05, 0.1) is 0 Å². The van der Waals surface area contributed by atoms with Crippen LogP contribution in [-0.2, 0) is 36.3 Å². The standard InChI is InChI=1S/FH2PS3/c1-2(3,4)5/h(H2,3,4,5)/p-2. The first kappa shape index (κ1) is 6.28. The molecule has 0 aromatic carbocycles. The van der Waals surface area contributed by atoms with Gasteiger partial charge in [-0.1, -0.05) is 0 Å². The van der Waals surface area contributed by atoms with Crippen LogP contribution in [0.1, 0.15) is 0 Å². The molecule has 0 radical (unpaired) electrons. The van der Waals surface area contributed by atoms with Crippen LogP contribution in [0, 0.1) is 0 Å². The summed E-state index contributed by atoms with van der Waals surface area (Å²) < 4.78 is 8.10. The molecule has 0 aliphatic heterocycles. The Morgan fingerprint density at radius 3 is 1.60 bits per heavy atom. The van der Waals surface area contributed by atoms with Crippen molar-refractivity contribution in [2.24, 2.45) is 0 Å². The van der Waals surface area contributed by atoms with E-state index in [9.17, 15) is 4.20 Å². The van der Waals surface area contributed by atoms with Gasteiger partial charge in [-0.2, -0.15) is 0 Å². The van der Waals surface area contributed by atoms with Gasteiger partial charge in [-0.3, -0.25) is 4.20 Å². The maximum atomic E-state index is 11.2. The van der Waals surface area contributed by atoms with Gasteiger partial charge in [0.25, 0.3) is 0 Å². The summed E-state index contributed by atoms with van der Waals surface area (Å²) in [5.41, 5.74) is 0. The van der Waals surface area contributed by atoms with E-state index in [1.165, 1.54) is 0 Å². The van der Waals surface area contributed by atoms with Gasteiger partial charge in [-0.15, -0.1) is 16.6 Å². The van der Waals surface area contributed by atoms with Crippen molar-refractivity contribution in [3.63, 3.8) is 0 Å². The van der Waals surface area contributed by atoms with Crippen molar-refractivity contribution in [2.75, 3.05) is 0 Å². The van der Waals surface area contributed by atoms with Crippen LogP contribution in [-0.4, -0.2) is 0 Å². The Bertz CT molecular complexity index is 53.0. The molecule has 5 heavy (non-hydrogen) atoms. The quantitative estimate of drug-likeness (QED) is 0.373. The Hall–Kier alpha value is 1.28. The first-order valence-electron chi connectivity index (χ1n) is 0.717. The summed E-state index contributed by atoms with van der Waals surface area (Å²) in [6, 6.07) is 0. The molecule has 0 saturated heterocycles. The van der Waals surface area contributed by atoms with E-state index in [-0.39, 0.29) is 0 Å². The molecule has 0 rings (SSSR count). The Morgan fingerprint density at radius 2 is 1.60 bits per heavy atom. The normalized spacial score (nSPS) is 11.8. The molecular formula is FPS3-2. The highest BCUT2D eigenvalue weighted by molar-refractivity contribution is 8.80. The van der Waals surface area contributed by atoms with E-state index in [2.05, 4.69) is 36.3 Å². The van der Waals surface area contributed by atoms with Gasteiger partial charge in [-0.25, -0.2) is 0 Å². The number of hydrogen-bond donors (Lipinski definition) is 0. The average Bonchev–Trinajstić information content (AvgIpc) is 0.722. The molecule has 0 nitrogen and oxygen atoms in total. The van der Waals surface area contributed by atoms with E-state index in [1.807, 2.05) is 0 Å². The predicted octanol–water partition coefficient (Wildman–Crippen LogP) is 1.27. The fraction of sp³-hybridized carbons (Fsp3) is 0. The van der Waals surface area contributed by atoms with Crippen molar-refractivity contribution in [3.8, 4) is 0 Å². The zero-order chi connectivity index (χ0) is 4.50. The minimum atomic E-state index is -3.14. The molecule has 0 saturated carbocycles. The third-order valence-electron chi connectivity index (χ3n) is 0. The van der Waals surface area contributed by atoms with Gasteiger partial charge < -0.3 is 24.5 Å². The fourth-order valence-corrected chi connectivity index (χ4v) is 0. The highest BCUT2D eigenvalue weighted by atomic mass is 33.2. The summed E-state index contributed by atoms with van der Waals surface area (Å²) in [5, 5.41) is 0. The monoisotopic (exact) mass is 146 g/mol.